The number of hydrogen-bond donors (Lipinski definition) is 2. The zero-order valence-corrected chi connectivity index (χ0v) is 18.0. The number of rotatable bonds is 10. The molecule has 0 spiro atoms. The minimum atomic E-state index is 0.0251. The van der Waals surface area contributed by atoms with Crippen LogP contribution in [0.2, 0.25) is 0 Å². The van der Waals surface area contributed by atoms with Gasteiger partial charge in [-0.2, -0.15) is 0 Å². The van der Waals surface area contributed by atoms with Gasteiger partial charge in [-0.15, -0.1) is 0 Å². The maximum absolute atomic E-state index is 5.84. The van der Waals surface area contributed by atoms with Gasteiger partial charge in [0, 0.05) is 11.4 Å². The zero-order chi connectivity index (χ0) is 22.6. The Morgan fingerprint density at radius 2 is 0.909 bits per heavy atom. The molecule has 0 bridgehead atoms. The lowest BCUT2D eigenvalue weighted by Crippen LogP contribution is -2.06. The molecule has 0 unspecified atom stereocenters. The van der Waals surface area contributed by atoms with E-state index in [1.54, 1.807) is 12.7 Å². The van der Waals surface area contributed by atoms with E-state index in [1.807, 2.05) is 109 Å². The molecule has 0 heterocycles. The third kappa shape index (κ3) is 6.70. The molecular formula is C27H24N4O2. The predicted octanol–water partition coefficient (Wildman–Crippen LogP) is 6.65. The van der Waals surface area contributed by atoms with Crippen molar-refractivity contribution < 1.29 is 9.47 Å². The van der Waals surface area contributed by atoms with E-state index >= 15 is 0 Å². The van der Waals surface area contributed by atoms with Crippen LogP contribution in [0.3, 0.4) is 0 Å². The minimum Gasteiger partial charge on any atom is -0.455 e. The number of nitrogens with one attached hydrogen (secondary N) is 2. The highest BCUT2D eigenvalue weighted by Gasteiger charge is 2.04. The monoisotopic (exact) mass is 436 g/mol. The standard InChI is InChI=1S/C27H24N4O2/c1-3-11-22(12-4-1)28-19-30-24-15-7-9-17-26(24)32-21-33-27-18-10-8-16-25(27)31-20-29-23-13-5-2-6-14-23/h1-20H,21H2,(H,28,30)(H,29,31). The Hall–Kier alpha value is -4.58. The van der Waals surface area contributed by atoms with Crippen molar-refractivity contribution in [2.75, 3.05) is 17.4 Å². The molecule has 4 aromatic rings. The fraction of sp³-hybridized carbons (Fsp3) is 0.0370. The molecule has 0 aliphatic rings. The summed E-state index contributed by atoms with van der Waals surface area (Å²) in [6.07, 6.45) is 3.28. The number of ether oxygens (including phenoxy) is 2. The van der Waals surface area contributed by atoms with E-state index in [2.05, 4.69) is 20.6 Å². The number of nitrogens with zero attached hydrogens (tertiary/aromatic N) is 2. The van der Waals surface area contributed by atoms with Crippen LogP contribution < -0.4 is 20.1 Å². The van der Waals surface area contributed by atoms with Crippen molar-refractivity contribution in [1.82, 2.24) is 0 Å². The van der Waals surface area contributed by atoms with E-state index in [0.29, 0.717) is 22.9 Å². The van der Waals surface area contributed by atoms with Crippen LogP contribution in [0, 0.1) is 0 Å². The average Bonchev–Trinajstić information content (AvgIpc) is 2.87. The Labute approximate surface area is 193 Å². The minimum absolute atomic E-state index is 0.0251. The summed E-state index contributed by atoms with van der Waals surface area (Å²) in [5.74, 6) is 1.24. The molecule has 0 radical (unpaired) electrons. The van der Waals surface area contributed by atoms with Gasteiger partial charge in [-0.3, -0.25) is 0 Å². The first-order chi connectivity index (χ1) is 16.4. The highest BCUT2D eigenvalue weighted by molar-refractivity contribution is 5.79. The van der Waals surface area contributed by atoms with Crippen LogP contribution in [0.5, 0.6) is 11.5 Å². The lowest BCUT2D eigenvalue weighted by Gasteiger charge is -2.11. The van der Waals surface area contributed by atoms with Crippen LogP contribution in [-0.4, -0.2) is 19.5 Å². The maximum Gasteiger partial charge on any atom is 0.231 e. The molecule has 0 amide bonds. The lowest BCUT2D eigenvalue weighted by atomic mass is 10.3. The molecular weight excluding hydrogens is 412 g/mol. The van der Waals surface area contributed by atoms with E-state index in [1.165, 1.54) is 0 Å². The van der Waals surface area contributed by atoms with E-state index in [9.17, 15) is 0 Å². The van der Waals surface area contributed by atoms with Crippen LogP contribution in [0.15, 0.2) is 119 Å². The molecule has 0 atom stereocenters. The number of benzene rings is 4. The smallest absolute Gasteiger partial charge is 0.231 e. The first-order valence-corrected chi connectivity index (χ1v) is 10.5. The van der Waals surface area contributed by atoms with Crippen molar-refractivity contribution in [1.29, 1.82) is 0 Å². The van der Waals surface area contributed by atoms with Crippen molar-refractivity contribution in [3.63, 3.8) is 0 Å². The molecule has 0 fully saturated rings. The Bertz CT molecular complexity index is 1100. The third-order valence-electron chi connectivity index (χ3n) is 4.58. The Morgan fingerprint density at radius 3 is 1.36 bits per heavy atom. The van der Waals surface area contributed by atoms with Gasteiger partial charge in [0.1, 0.15) is 22.9 Å². The van der Waals surface area contributed by atoms with Crippen LogP contribution in [0.1, 0.15) is 0 Å². The summed E-state index contributed by atoms with van der Waals surface area (Å²) in [4.78, 5) is 8.93. The number of para-hydroxylation sites is 6. The van der Waals surface area contributed by atoms with Gasteiger partial charge in [-0.1, -0.05) is 60.7 Å². The second-order valence-electron chi connectivity index (χ2n) is 6.88. The van der Waals surface area contributed by atoms with Gasteiger partial charge in [-0.25, -0.2) is 9.98 Å². The average molecular weight is 437 g/mol. The summed E-state index contributed by atoms with van der Waals surface area (Å²) in [7, 11) is 0. The summed E-state index contributed by atoms with van der Waals surface area (Å²) >= 11 is 0. The van der Waals surface area contributed by atoms with Gasteiger partial charge in [-0.05, 0) is 48.5 Å². The number of hydrogen-bond acceptors (Lipinski definition) is 4. The largest absolute Gasteiger partial charge is 0.455 e. The van der Waals surface area contributed by atoms with Crippen molar-refractivity contribution in [3.05, 3.63) is 109 Å². The predicted molar refractivity (Wildman–Crippen MR) is 135 cm³/mol. The van der Waals surface area contributed by atoms with Crippen molar-refractivity contribution in [2.24, 2.45) is 9.98 Å². The first kappa shape index (κ1) is 21.6. The number of aliphatic imine (C=N–C) groups is 2. The third-order valence-corrected chi connectivity index (χ3v) is 4.58. The first-order valence-electron chi connectivity index (χ1n) is 10.5. The summed E-state index contributed by atoms with van der Waals surface area (Å²) in [6.45, 7) is 0.0251. The summed E-state index contributed by atoms with van der Waals surface area (Å²) in [5, 5.41) is 6.28. The highest BCUT2D eigenvalue weighted by atomic mass is 16.7. The van der Waals surface area contributed by atoms with E-state index in [-0.39, 0.29) is 6.79 Å². The van der Waals surface area contributed by atoms with Crippen LogP contribution in [-0.2, 0) is 0 Å². The second-order valence-corrected chi connectivity index (χ2v) is 6.88. The maximum atomic E-state index is 5.84. The van der Waals surface area contributed by atoms with Crippen molar-refractivity contribution in [3.8, 4) is 11.5 Å². The normalized spacial score (nSPS) is 10.9. The molecule has 0 aromatic heterocycles. The molecule has 6 nitrogen and oxygen atoms in total. The second kappa shape index (κ2) is 11.7. The molecule has 0 aliphatic heterocycles. The van der Waals surface area contributed by atoms with Crippen molar-refractivity contribution >= 4 is 35.4 Å². The summed E-state index contributed by atoms with van der Waals surface area (Å²) in [6, 6.07) is 34.7. The molecule has 0 saturated carbocycles. The van der Waals surface area contributed by atoms with E-state index in [4.69, 9.17) is 9.47 Å². The number of anilines is 2. The van der Waals surface area contributed by atoms with Gasteiger partial charge in [0.25, 0.3) is 0 Å². The molecule has 4 aromatic carbocycles. The molecule has 33 heavy (non-hydrogen) atoms. The molecule has 0 aliphatic carbocycles. The zero-order valence-electron chi connectivity index (χ0n) is 18.0. The Balaban J connectivity index is 1.34. The lowest BCUT2D eigenvalue weighted by molar-refractivity contribution is 0.121. The van der Waals surface area contributed by atoms with E-state index in [0.717, 1.165) is 11.4 Å². The molecule has 0 saturated heterocycles. The molecule has 4 rings (SSSR count). The van der Waals surface area contributed by atoms with Crippen LogP contribution in [0.25, 0.3) is 0 Å². The quantitative estimate of drug-likeness (QED) is 0.166. The fourth-order valence-electron chi connectivity index (χ4n) is 2.95. The SMILES string of the molecule is C(=Nc1ccccc1OCOc1ccccc1N=CNc1ccccc1)Nc1ccccc1. The molecule has 6 heteroatoms. The van der Waals surface area contributed by atoms with E-state index < -0.39 is 0 Å². The summed E-state index contributed by atoms with van der Waals surface area (Å²) in [5.41, 5.74) is 3.31. The topological polar surface area (TPSA) is 67.2 Å². The molecule has 2 N–H and O–H groups in total. The van der Waals surface area contributed by atoms with Crippen LogP contribution in [0.4, 0.5) is 22.7 Å². The fourth-order valence-corrected chi connectivity index (χ4v) is 2.95. The molecule has 164 valence electrons. The van der Waals surface area contributed by atoms with Gasteiger partial charge in [0.05, 0.1) is 12.7 Å². The summed E-state index contributed by atoms with van der Waals surface area (Å²) < 4.78 is 11.7. The Morgan fingerprint density at radius 1 is 0.515 bits per heavy atom. The van der Waals surface area contributed by atoms with Gasteiger partial charge < -0.3 is 20.1 Å². The van der Waals surface area contributed by atoms with Crippen LogP contribution >= 0.6 is 0 Å². The van der Waals surface area contributed by atoms with Crippen molar-refractivity contribution in [2.45, 2.75) is 0 Å². The highest BCUT2D eigenvalue weighted by Crippen LogP contribution is 2.29. The van der Waals surface area contributed by atoms with Gasteiger partial charge >= 0.3 is 0 Å². The Kier molecular flexibility index (Phi) is 7.68. The van der Waals surface area contributed by atoms with Gasteiger partial charge in [0.2, 0.25) is 6.79 Å². The van der Waals surface area contributed by atoms with Gasteiger partial charge in [0.15, 0.2) is 0 Å².